The summed E-state index contributed by atoms with van der Waals surface area (Å²) in [5, 5.41) is 7.43. The van der Waals surface area contributed by atoms with Crippen LogP contribution in [0, 0.1) is 0 Å². The Labute approximate surface area is 101 Å². The number of nitrogens with two attached hydrogens (primary N) is 1. The first-order valence-corrected chi connectivity index (χ1v) is 5.80. The molecule has 1 rings (SSSR count). The minimum absolute atomic E-state index is 0.0177. The molecule has 1 aromatic rings. The van der Waals surface area contributed by atoms with E-state index < -0.39 is 5.91 Å². The van der Waals surface area contributed by atoms with E-state index in [9.17, 15) is 4.79 Å². The van der Waals surface area contributed by atoms with Crippen molar-refractivity contribution < 1.29 is 9.53 Å². The molecule has 0 saturated heterocycles. The molecule has 1 aromatic heterocycles. The summed E-state index contributed by atoms with van der Waals surface area (Å²) < 4.78 is 6.95. The lowest BCUT2D eigenvalue weighted by Gasteiger charge is -2.03. The lowest BCUT2D eigenvalue weighted by Crippen LogP contribution is -2.23. The minimum Gasteiger partial charge on any atom is -0.370 e. The van der Waals surface area contributed by atoms with Gasteiger partial charge in [0.1, 0.15) is 6.61 Å². The number of nitrogens with zero attached hydrogens (tertiary/aromatic N) is 2. The zero-order valence-electron chi connectivity index (χ0n) is 10.2. The van der Waals surface area contributed by atoms with Crippen LogP contribution in [-0.4, -0.2) is 35.4 Å². The van der Waals surface area contributed by atoms with E-state index in [-0.39, 0.29) is 6.61 Å². The molecular formula is C11H20N4O2. The molecule has 0 aliphatic heterocycles. The lowest BCUT2D eigenvalue weighted by molar-refractivity contribution is -0.122. The summed E-state index contributed by atoms with van der Waals surface area (Å²) in [5.41, 5.74) is 6.08. The Bertz CT molecular complexity index is 338. The molecule has 6 heteroatoms. The molecule has 0 fully saturated rings. The standard InChI is InChI=1S/C11H20N4O2/c1-2-4-15-8-10(7-14-15)6-13-3-5-17-9-11(12)16/h7-8,13H,2-6,9H2,1H3,(H2,12,16). The smallest absolute Gasteiger partial charge is 0.243 e. The third kappa shape index (κ3) is 6.03. The Kier molecular flexibility index (Phi) is 6.27. The number of aromatic nitrogens is 2. The molecule has 0 aliphatic carbocycles. The topological polar surface area (TPSA) is 82.2 Å². The Morgan fingerprint density at radius 1 is 1.65 bits per heavy atom. The number of carbonyl (C=O) groups is 1. The van der Waals surface area contributed by atoms with E-state index in [1.165, 1.54) is 0 Å². The number of ether oxygens (including phenoxy) is 1. The van der Waals surface area contributed by atoms with Crippen LogP contribution in [0.1, 0.15) is 18.9 Å². The van der Waals surface area contributed by atoms with Crippen molar-refractivity contribution in [2.24, 2.45) is 5.73 Å². The highest BCUT2D eigenvalue weighted by Gasteiger charge is 1.98. The first-order valence-electron chi connectivity index (χ1n) is 5.80. The number of rotatable bonds is 9. The van der Waals surface area contributed by atoms with Crippen LogP contribution in [-0.2, 0) is 22.6 Å². The van der Waals surface area contributed by atoms with Gasteiger partial charge in [0.05, 0.1) is 12.8 Å². The summed E-state index contributed by atoms with van der Waals surface area (Å²) in [6, 6.07) is 0. The Balaban J connectivity index is 2.07. The molecule has 0 bridgehead atoms. The summed E-state index contributed by atoms with van der Waals surface area (Å²) in [4.78, 5) is 10.4. The van der Waals surface area contributed by atoms with Gasteiger partial charge in [-0.25, -0.2) is 0 Å². The van der Waals surface area contributed by atoms with Gasteiger partial charge in [0, 0.05) is 31.4 Å². The van der Waals surface area contributed by atoms with Gasteiger partial charge in [-0.3, -0.25) is 9.48 Å². The maximum Gasteiger partial charge on any atom is 0.243 e. The van der Waals surface area contributed by atoms with Crippen molar-refractivity contribution in [3.8, 4) is 0 Å². The van der Waals surface area contributed by atoms with E-state index >= 15 is 0 Å². The van der Waals surface area contributed by atoms with Gasteiger partial charge < -0.3 is 15.8 Å². The zero-order valence-corrected chi connectivity index (χ0v) is 10.2. The van der Waals surface area contributed by atoms with Gasteiger partial charge in [0.15, 0.2) is 0 Å². The van der Waals surface area contributed by atoms with Gasteiger partial charge in [-0.2, -0.15) is 5.10 Å². The van der Waals surface area contributed by atoms with E-state index in [1.54, 1.807) is 0 Å². The van der Waals surface area contributed by atoms with Crippen LogP contribution in [0.5, 0.6) is 0 Å². The van der Waals surface area contributed by atoms with Crippen molar-refractivity contribution >= 4 is 5.91 Å². The second-order valence-electron chi connectivity index (χ2n) is 3.81. The maximum atomic E-state index is 10.4. The largest absolute Gasteiger partial charge is 0.370 e. The van der Waals surface area contributed by atoms with Crippen LogP contribution in [0.2, 0.25) is 0 Å². The van der Waals surface area contributed by atoms with Crippen molar-refractivity contribution in [1.82, 2.24) is 15.1 Å². The molecule has 3 N–H and O–H groups in total. The van der Waals surface area contributed by atoms with Crippen molar-refractivity contribution in [3.63, 3.8) is 0 Å². The molecule has 0 radical (unpaired) electrons. The van der Waals surface area contributed by atoms with E-state index in [0.29, 0.717) is 13.2 Å². The van der Waals surface area contributed by atoms with Crippen molar-refractivity contribution in [1.29, 1.82) is 0 Å². The average molecular weight is 240 g/mol. The molecule has 17 heavy (non-hydrogen) atoms. The number of aryl methyl sites for hydroxylation is 1. The van der Waals surface area contributed by atoms with Crippen molar-refractivity contribution in [3.05, 3.63) is 18.0 Å². The molecule has 0 aliphatic rings. The molecule has 1 heterocycles. The molecule has 6 nitrogen and oxygen atoms in total. The maximum absolute atomic E-state index is 10.4. The molecule has 0 atom stereocenters. The number of hydrogen-bond acceptors (Lipinski definition) is 4. The predicted octanol–water partition coefficient (Wildman–Crippen LogP) is -0.115. The van der Waals surface area contributed by atoms with Gasteiger partial charge >= 0.3 is 0 Å². The van der Waals surface area contributed by atoms with Gasteiger partial charge in [-0.15, -0.1) is 0 Å². The molecule has 0 aromatic carbocycles. The second-order valence-corrected chi connectivity index (χ2v) is 3.81. The minimum atomic E-state index is -0.439. The van der Waals surface area contributed by atoms with Gasteiger partial charge in [-0.05, 0) is 6.42 Å². The van der Waals surface area contributed by atoms with E-state index in [1.807, 2.05) is 17.1 Å². The summed E-state index contributed by atoms with van der Waals surface area (Å²) in [5.74, 6) is -0.439. The van der Waals surface area contributed by atoms with Crippen LogP contribution in [0.4, 0.5) is 0 Å². The first kappa shape index (κ1) is 13.7. The molecule has 0 unspecified atom stereocenters. The van der Waals surface area contributed by atoms with Crippen molar-refractivity contribution in [2.45, 2.75) is 26.4 Å². The summed E-state index contributed by atoms with van der Waals surface area (Å²) >= 11 is 0. The molecular weight excluding hydrogens is 220 g/mol. The first-order chi connectivity index (χ1) is 8.22. The Hall–Kier alpha value is -1.40. The Morgan fingerprint density at radius 2 is 2.47 bits per heavy atom. The van der Waals surface area contributed by atoms with Gasteiger partial charge in [-0.1, -0.05) is 6.92 Å². The van der Waals surface area contributed by atoms with Crippen LogP contribution < -0.4 is 11.1 Å². The van der Waals surface area contributed by atoms with Crippen LogP contribution >= 0.6 is 0 Å². The molecule has 0 spiro atoms. The number of primary amides is 1. The fraction of sp³-hybridized carbons (Fsp3) is 0.636. The highest BCUT2D eigenvalue weighted by molar-refractivity contribution is 5.74. The molecule has 1 amide bonds. The fourth-order valence-electron chi connectivity index (χ4n) is 1.40. The molecule has 96 valence electrons. The van der Waals surface area contributed by atoms with Gasteiger partial charge in [0.2, 0.25) is 5.91 Å². The number of carbonyl (C=O) groups excluding carboxylic acids is 1. The van der Waals surface area contributed by atoms with E-state index in [0.717, 1.165) is 25.1 Å². The quantitative estimate of drug-likeness (QED) is 0.590. The van der Waals surface area contributed by atoms with Crippen LogP contribution in [0.25, 0.3) is 0 Å². The predicted molar refractivity (Wildman–Crippen MR) is 64.2 cm³/mol. The zero-order chi connectivity index (χ0) is 12.5. The second kappa shape index (κ2) is 7.81. The third-order valence-electron chi connectivity index (χ3n) is 2.14. The number of hydrogen-bond donors (Lipinski definition) is 2. The molecule has 0 saturated carbocycles. The number of amides is 1. The SMILES string of the molecule is CCCn1cc(CNCCOCC(N)=O)cn1. The monoisotopic (exact) mass is 240 g/mol. The normalized spacial score (nSPS) is 10.6. The van der Waals surface area contributed by atoms with Crippen molar-refractivity contribution in [2.75, 3.05) is 19.8 Å². The number of nitrogens with one attached hydrogen (secondary N) is 1. The van der Waals surface area contributed by atoms with E-state index in [2.05, 4.69) is 17.3 Å². The van der Waals surface area contributed by atoms with Crippen LogP contribution in [0.3, 0.4) is 0 Å². The van der Waals surface area contributed by atoms with Crippen LogP contribution in [0.15, 0.2) is 12.4 Å². The third-order valence-corrected chi connectivity index (χ3v) is 2.14. The summed E-state index contributed by atoms with van der Waals surface area (Å²) in [6.07, 6.45) is 4.96. The van der Waals surface area contributed by atoms with Gasteiger partial charge in [0.25, 0.3) is 0 Å². The lowest BCUT2D eigenvalue weighted by atomic mass is 10.3. The highest BCUT2D eigenvalue weighted by Crippen LogP contribution is 1.97. The summed E-state index contributed by atoms with van der Waals surface area (Å²) in [7, 11) is 0. The summed E-state index contributed by atoms with van der Waals surface area (Å²) in [6.45, 7) is 4.97. The Morgan fingerprint density at radius 3 is 3.18 bits per heavy atom. The average Bonchev–Trinajstić information content (AvgIpc) is 2.71. The fourth-order valence-corrected chi connectivity index (χ4v) is 1.40. The van der Waals surface area contributed by atoms with E-state index in [4.69, 9.17) is 10.5 Å². The highest BCUT2D eigenvalue weighted by atomic mass is 16.5.